The highest BCUT2D eigenvalue weighted by Crippen LogP contribution is 2.33. The van der Waals surface area contributed by atoms with E-state index in [2.05, 4.69) is 10.2 Å². The molecular weight excluding hydrogens is 301 g/mol. The number of benzene rings is 1. The number of hydrogen-bond donors (Lipinski definition) is 0. The average Bonchev–Trinajstić information content (AvgIpc) is 2.92. The summed E-state index contributed by atoms with van der Waals surface area (Å²) >= 11 is 1.34. The van der Waals surface area contributed by atoms with Crippen LogP contribution in [0.2, 0.25) is 0 Å². The zero-order valence-corrected chi connectivity index (χ0v) is 13.3. The summed E-state index contributed by atoms with van der Waals surface area (Å²) in [7, 11) is 0. The maximum atomic E-state index is 13.3. The predicted octanol–water partition coefficient (Wildman–Crippen LogP) is 3.89. The van der Waals surface area contributed by atoms with Crippen LogP contribution < -0.4 is 4.90 Å². The lowest BCUT2D eigenvalue weighted by molar-refractivity contribution is -0.124. The number of halogens is 1. The molecule has 0 bridgehead atoms. The Bertz CT molecular complexity index is 669. The lowest BCUT2D eigenvalue weighted by Crippen LogP contribution is -2.39. The second kappa shape index (κ2) is 6.52. The van der Waals surface area contributed by atoms with Gasteiger partial charge in [0.05, 0.1) is 0 Å². The van der Waals surface area contributed by atoms with Crippen LogP contribution >= 0.6 is 11.3 Å². The maximum absolute atomic E-state index is 13.3. The van der Waals surface area contributed by atoms with E-state index in [1.54, 1.807) is 17.0 Å². The van der Waals surface area contributed by atoms with E-state index in [0.717, 1.165) is 25.7 Å². The molecule has 0 spiro atoms. The van der Waals surface area contributed by atoms with Gasteiger partial charge in [0.2, 0.25) is 11.0 Å². The highest BCUT2D eigenvalue weighted by Gasteiger charge is 2.31. The summed E-state index contributed by atoms with van der Waals surface area (Å²) in [6.45, 7) is 2.68. The molecule has 22 heavy (non-hydrogen) atoms. The zero-order valence-electron chi connectivity index (χ0n) is 12.5. The summed E-state index contributed by atoms with van der Waals surface area (Å²) < 4.78 is 13.3. The summed E-state index contributed by atoms with van der Waals surface area (Å²) in [5, 5.41) is 9.52. The Hall–Kier alpha value is -1.82. The molecule has 4 nitrogen and oxygen atoms in total. The fourth-order valence-corrected chi connectivity index (χ4v) is 3.33. The van der Waals surface area contributed by atoms with E-state index >= 15 is 0 Å². The second-order valence-electron chi connectivity index (χ2n) is 5.52. The molecule has 1 saturated carbocycles. The Morgan fingerprint density at radius 1 is 1.41 bits per heavy atom. The van der Waals surface area contributed by atoms with Crippen LogP contribution in [0.1, 0.15) is 32.6 Å². The van der Waals surface area contributed by atoms with Gasteiger partial charge in [0.25, 0.3) is 0 Å². The molecule has 2 aromatic rings. The molecule has 1 heterocycles. The van der Waals surface area contributed by atoms with Crippen molar-refractivity contribution in [3.63, 3.8) is 0 Å². The molecule has 1 amide bonds. The molecule has 1 aromatic heterocycles. The van der Waals surface area contributed by atoms with Gasteiger partial charge in [-0.25, -0.2) is 4.39 Å². The third kappa shape index (κ3) is 3.02. The van der Waals surface area contributed by atoms with Gasteiger partial charge < -0.3 is 0 Å². The van der Waals surface area contributed by atoms with Gasteiger partial charge in [-0.3, -0.25) is 9.69 Å². The third-order valence-corrected chi connectivity index (χ3v) is 4.88. The molecule has 116 valence electrons. The highest BCUT2D eigenvalue weighted by molar-refractivity contribution is 7.18. The fourth-order valence-electron chi connectivity index (χ4n) is 2.46. The quantitative estimate of drug-likeness (QED) is 0.840. The van der Waals surface area contributed by atoms with Gasteiger partial charge in [0.1, 0.15) is 10.8 Å². The zero-order chi connectivity index (χ0) is 15.5. The molecular formula is C16H18FN3OS. The van der Waals surface area contributed by atoms with Crippen molar-refractivity contribution in [3.8, 4) is 10.6 Å². The van der Waals surface area contributed by atoms with E-state index in [-0.39, 0.29) is 17.6 Å². The minimum atomic E-state index is -0.301. The summed E-state index contributed by atoms with van der Waals surface area (Å²) in [4.78, 5) is 14.3. The van der Waals surface area contributed by atoms with Crippen molar-refractivity contribution in [1.82, 2.24) is 10.2 Å². The molecule has 3 rings (SSSR count). The van der Waals surface area contributed by atoms with Gasteiger partial charge in [-0.05, 0) is 31.4 Å². The van der Waals surface area contributed by atoms with Gasteiger partial charge >= 0.3 is 0 Å². The van der Waals surface area contributed by atoms with Crippen molar-refractivity contribution >= 4 is 22.4 Å². The van der Waals surface area contributed by atoms with Crippen molar-refractivity contribution in [2.45, 2.75) is 32.6 Å². The first-order chi connectivity index (χ1) is 10.7. The third-order valence-electron chi connectivity index (χ3n) is 3.88. The average molecular weight is 319 g/mol. The minimum absolute atomic E-state index is 0.132. The van der Waals surface area contributed by atoms with Gasteiger partial charge in [0.15, 0.2) is 0 Å². The number of aromatic nitrogens is 2. The SMILES string of the molecule is CCCN(C(=O)C1CCC1)c1nnc(-c2cccc(F)c2)s1. The predicted molar refractivity (Wildman–Crippen MR) is 85.3 cm³/mol. The van der Waals surface area contributed by atoms with Crippen molar-refractivity contribution < 1.29 is 9.18 Å². The van der Waals surface area contributed by atoms with Gasteiger partial charge in [-0.15, -0.1) is 10.2 Å². The first-order valence-corrected chi connectivity index (χ1v) is 8.41. The fraction of sp³-hybridized carbons (Fsp3) is 0.438. The van der Waals surface area contributed by atoms with Crippen molar-refractivity contribution in [1.29, 1.82) is 0 Å². The minimum Gasteiger partial charge on any atom is -0.286 e. The van der Waals surface area contributed by atoms with Crippen LogP contribution in [0, 0.1) is 11.7 Å². The maximum Gasteiger partial charge on any atom is 0.231 e. The van der Waals surface area contributed by atoms with E-state index in [9.17, 15) is 9.18 Å². The number of rotatable bonds is 5. The van der Waals surface area contributed by atoms with Gasteiger partial charge in [0, 0.05) is 18.0 Å². The number of nitrogens with zero attached hydrogens (tertiary/aromatic N) is 3. The molecule has 0 atom stereocenters. The summed E-state index contributed by atoms with van der Waals surface area (Å²) in [6.07, 6.45) is 3.93. The van der Waals surface area contributed by atoms with Crippen molar-refractivity contribution in [2.24, 2.45) is 5.92 Å². The Labute approximate surface area is 133 Å². The Morgan fingerprint density at radius 2 is 2.23 bits per heavy atom. The molecule has 1 aliphatic carbocycles. The highest BCUT2D eigenvalue weighted by atomic mass is 32.1. The molecule has 0 N–H and O–H groups in total. The van der Waals surface area contributed by atoms with E-state index in [4.69, 9.17) is 0 Å². The van der Waals surface area contributed by atoms with Crippen LogP contribution in [0.3, 0.4) is 0 Å². The van der Waals surface area contributed by atoms with Crippen LogP contribution in [0.15, 0.2) is 24.3 Å². The normalized spacial score (nSPS) is 14.6. The Balaban J connectivity index is 1.84. The van der Waals surface area contributed by atoms with E-state index in [1.165, 1.54) is 23.5 Å². The first-order valence-electron chi connectivity index (χ1n) is 7.60. The topological polar surface area (TPSA) is 46.1 Å². The smallest absolute Gasteiger partial charge is 0.231 e. The van der Waals surface area contributed by atoms with Crippen molar-refractivity contribution in [3.05, 3.63) is 30.1 Å². The molecule has 0 radical (unpaired) electrons. The molecule has 0 unspecified atom stereocenters. The van der Waals surface area contributed by atoms with E-state index < -0.39 is 0 Å². The lowest BCUT2D eigenvalue weighted by Gasteiger charge is -2.29. The monoisotopic (exact) mass is 319 g/mol. The number of amides is 1. The number of carbonyl (C=O) groups is 1. The van der Waals surface area contributed by atoms with Crippen LogP contribution in [-0.2, 0) is 4.79 Å². The molecule has 1 aliphatic rings. The molecule has 0 aliphatic heterocycles. The molecule has 1 aromatic carbocycles. The number of hydrogen-bond acceptors (Lipinski definition) is 4. The van der Waals surface area contributed by atoms with Gasteiger partial charge in [-0.1, -0.05) is 36.8 Å². The van der Waals surface area contributed by atoms with Crippen LogP contribution in [0.4, 0.5) is 9.52 Å². The summed E-state index contributed by atoms with van der Waals surface area (Å²) in [6, 6.07) is 6.28. The number of anilines is 1. The standard InChI is InChI=1S/C16H18FN3OS/c1-2-9-20(15(21)11-5-3-6-11)16-19-18-14(22-16)12-7-4-8-13(17)10-12/h4,7-8,10-11H,2-3,5-6,9H2,1H3. The molecule has 0 saturated heterocycles. The van der Waals surface area contributed by atoms with Crippen LogP contribution in [0.5, 0.6) is 0 Å². The summed E-state index contributed by atoms with van der Waals surface area (Å²) in [5.41, 5.74) is 0.691. The second-order valence-corrected chi connectivity index (χ2v) is 6.47. The number of carbonyl (C=O) groups excluding carboxylic acids is 1. The summed E-state index contributed by atoms with van der Waals surface area (Å²) in [5.74, 6) is -0.0201. The molecule has 6 heteroatoms. The Kier molecular flexibility index (Phi) is 4.47. The van der Waals surface area contributed by atoms with Gasteiger partial charge in [-0.2, -0.15) is 0 Å². The molecule has 1 fully saturated rings. The van der Waals surface area contributed by atoms with Crippen molar-refractivity contribution in [2.75, 3.05) is 11.4 Å². The van der Waals surface area contributed by atoms with Crippen LogP contribution in [0.25, 0.3) is 10.6 Å². The largest absolute Gasteiger partial charge is 0.286 e. The van der Waals surface area contributed by atoms with Crippen LogP contribution in [-0.4, -0.2) is 22.6 Å². The lowest BCUT2D eigenvalue weighted by atomic mass is 9.84. The van der Waals surface area contributed by atoms with E-state index in [0.29, 0.717) is 22.2 Å². The first kappa shape index (κ1) is 15.1. The Morgan fingerprint density at radius 3 is 2.86 bits per heavy atom. The van der Waals surface area contributed by atoms with E-state index in [1.807, 2.05) is 6.92 Å².